The standard InChI is InChI=1S/C17H20F3N5OS/c18-17(19,20)13-10-14(25-7-3-1-2-4-8-25)23-15(22-13)24-16(27)21-11-12-6-5-9-26-12/h5-6,9-10H,1-4,7-8,11H2,(H2,21,22,23,24,27). The van der Waals surface area contributed by atoms with Gasteiger partial charge in [0.25, 0.3) is 0 Å². The van der Waals surface area contributed by atoms with Crippen LogP contribution in [0.25, 0.3) is 0 Å². The molecule has 0 spiro atoms. The van der Waals surface area contributed by atoms with Crippen LogP contribution in [0.2, 0.25) is 0 Å². The molecule has 1 saturated heterocycles. The number of alkyl halides is 3. The van der Waals surface area contributed by atoms with Crippen molar-refractivity contribution in [2.75, 3.05) is 23.3 Å². The van der Waals surface area contributed by atoms with Crippen LogP contribution in [-0.2, 0) is 12.7 Å². The van der Waals surface area contributed by atoms with Gasteiger partial charge in [0.15, 0.2) is 10.8 Å². The number of nitrogens with zero attached hydrogens (tertiary/aromatic N) is 3. The summed E-state index contributed by atoms with van der Waals surface area (Å²) in [5.41, 5.74) is -0.993. The highest BCUT2D eigenvalue weighted by atomic mass is 32.1. The highest BCUT2D eigenvalue weighted by molar-refractivity contribution is 7.80. The van der Waals surface area contributed by atoms with Gasteiger partial charge in [0, 0.05) is 19.2 Å². The quantitative estimate of drug-likeness (QED) is 0.755. The van der Waals surface area contributed by atoms with Crippen molar-refractivity contribution in [3.8, 4) is 0 Å². The molecule has 2 aromatic heterocycles. The molecular weight excluding hydrogens is 379 g/mol. The van der Waals surface area contributed by atoms with Gasteiger partial charge < -0.3 is 20.0 Å². The van der Waals surface area contributed by atoms with Gasteiger partial charge in [0.2, 0.25) is 5.95 Å². The summed E-state index contributed by atoms with van der Waals surface area (Å²) in [5.74, 6) is 0.728. The van der Waals surface area contributed by atoms with Gasteiger partial charge in [-0.15, -0.1) is 0 Å². The molecule has 1 fully saturated rings. The summed E-state index contributed by atoms with van der Waals surface area (Å²) in [4.78, 5) is 9.70. The average Bonchev–Trinajstić information content (AvgIpc) is 2.99. The number of anilines is 2. The van der Waals surface area contributed by atoms with E-state index in [1.165, 1.54) is 6.26 Å². The number of furan rings is 1. The minimum atomic E-state index is -4.57. The van der Waals surface area contributed by atoms with Gasteiger partial charge in [-0.3, -0.25) is 0 Å². The number of hydrogen-bond acceptors (Lipinski definition) is 5. The van der Waals surface area contributed by atoms with E-state index in [0.29, 0.717) is 25.4 Å². The predicted molar refractivity (Wildman–Crippen MR) is 99.5 cm³/mol. The predicted octanol–water partition coefficient (Wildman–Crippen LogP) is 3.96. The Morgan fingerprint density at radius 3 is 2.56 bits per heavy atom. The van der Waals surface area contributed by atoms with Crippen LogP contribution in [0.5, 0.6) is 0 Å². The first-order valence-electron chi connectivity index (χ1n) is 8.70. The summed E-state index contributed by atoms with van der Waals surface area (Å²) >= 11 is 5.13. The summed E-state index contributed by atoms with van der Waals surface area (Å²) in [7, 11) is 0. The van der Waals surface area contributed by atoms with Crippen LogP contribution in [0, 0.1) is 0 Å². The maximum Gasteiger partial charge on any atom is 0.433 e. The molecule has 1 aliphatic heterocycles. The summed E-state index contributed by atoms with van der Waals surface area (Å²) in [6, 6.07) is 4.49. The minimum Gasteiger partial charge on any atom is -0.467 e. The van der Waals surface area contributed by atoms with Gasteiger partial charge in [-0.2, -0.15) is 18.2 Å². The molecule has 2 aromatic rings. The molecule has 0 saturated carbocycles. The fourth-order valence-corrected chi connectivity index (χ4v) is 2.99. The van der Waals surface area contributed by atoms with Gasteiger partial charge in [-0.1, -0.05) is 12.8 Å². The van der Waals surface area contributed by atoms with E-state index in [2.05, 4.69) is 20.6 Å². The summed E-state index contributed by atoms with van der Waals surface area (Å²) in [6.45, 7) is 1.65. The van der Waals surface area contributed by atoms with Crippen molar-refractivity contribution in [1.29, 1.82) is 0 Å². The molecule has 0 aliphatic carbocycles. The van der Waals surface area contributed by atoms with E-state index in [1.807, 2.05) is 4.90 Å². The third-order valence-electron chi connectivity index (χ3n) is 4.16. The number of thiocarbonyl (C=S) groups is 1. The van der Waals surface area contributed by atoms with E-state index in [4.69, 9.17) is 16.6 Å². The molecule has 0 amide bonds. The smallest absolute Gasteiger partial charge is 0.433 e. The second-order valence-electron chi connectivity index (χ2n) is 6.22. The molecule has 27 heavy (non-hydrogen) atoms. The molecule has 3 rings (SSSR count). The van der Waals surface area contributed by atoms with E-state index in [1.54, 1.807) is 12.1 Å². The number of halogens is 3. The molecule has 0 unspecified atom stereocenters. The molecule has 1 aliphatic rings. The third-order valence-corrected chi connectivity index (χ3v) is 4.41. The summed E-state index contributed by atoms with van der Waals surface area (Å²) < 4.78 is 45.0. The molecule has 146 valence electrons. The number of nitrogens with one attached hydrogen (secondary N) is 2. The van der Waals surface area contributed by atoms with Crippen LogP contribution in [0.3, 0.4) is 0 Å². The molecule has 3 heterocycles. The molecule has 0 radical (unpaired) electrons. The maximum absolute atomic E-state index is 13.3. The fraction of sp³-hybridized carbons (Fsp3) is 0.471. The van der Waals surface area contributed by atoms with Crippen LogP contribution in [-0.4, -0.2) is 28.2 Å². The van der Waals surface area contributed by atoms with Crippen molar-refractivity contribution in [2.24, 2.45) is 0 Å². The van der Waals surface area contributed by atoms with Crippen LogP contribution in [0.4, 0.5) is 24.9 Å². The first kappa shape index (κ1) is 19.4. The minimum absolute atomic E-state index is 0.118. The van der Waals surface area contributed by atoms with E-state index in [0.717, 1.165) is 31.7 Å². The Morgan fingerprint density at radius 1 is 1.19 bits per heavy atom. The SMILES string of the molecule is FC(F)(F)c1cc(N2CCCCCC2)nc(NC(=S)NCc2ccco2)n1. The van der Waals surface area contributed by atoms with E-state index >= 15 is 0 Å². The third kappa shape index (κ3) is 5.56. The average molecular weight is 399 g/mol. The molecule has 2 N–H and O–H groups in total. The summed E-state index contributed by atoms with van der Waals surface area (Å²) in [6.07, 6.45) is 0.952. The van der Waals surface area contributed by atoms with Crippen LogP contribution in [0.15, 0.2) is 28.9 Å². The van der Waals surface area contributed by atoms with Crippen LogP contribution < -0.4 is 15.5 Å². The van der Waals surface area contributed by atoms with Crippen molar-refractivity contribution in [3.63, 3.8) is 0 Å². The van der Waals surface area contributed by atoms with E-state index < -0.39 is 11.9 Å². The zero-order valence-electron chi connectivity index (χ0n) is 14.6. The van der Waals surface area contributed by atoms with Crippen molar-refractivity contribution < 1.29 is 17.6 Å². The number of rotatable bonds is 4. The zero-order chi connectivity index (χ0) is 19.3. The first-order chi connectivity index (χ1) is 12.9. The Morgan fingerprint density at radius 2 is 1.93 bits per heavy atom. The normalized spacial score (nSPS) is 15.3. The van der Waals surface area contributed by atoms with Gasteiger partial charge in [-0.25, -0.2) is 4.98 Å². The fourth-order valence-electron chi connectivity index (χ4n) is 2.82. The van der Waals surface area contributed by atoms with Gasteiger partial charge in [0.05, 0.1) is 12.8 Å². The lowest BCUT2D eigenvalue weighted by Gasteiger charge is -2.23. The first-order valence-corrected chi connectivity index (χ1v) is 9.11. The zero-order valence-corrected chi connectivity index (χ0v) is 15.4. The topological polar surface area (TPSA) is 66.2 Å². The van der Waals surface area contributed by atoms with Crippen molar-refractivity contribution in [1.82, 2.24) is 15.3 Å². The Hall–Kier alpha value is -2.36. The lowest BCUT2D eigenvalue weighted by Crippen LogP contribution is -2.30. The Balaban J connectivity index is 1.76. The highest BCUT2D eigenvalue weighted by Gasteiger charge is 2.34. The second kappa shape index (κ2) is 8.55. The lowest BCUT2D eigenvalue weighted by atomic mass is 10.2. The lowest BCUT2D eigenvalue weighted by molar-refractivity contribution is -0.141. The van der Waals surface area contributed by atoms with E-state index in [-0.39, 0.29) is 16.9 Å². The largest absolute Gasteiger partial charge is 0.467 e. The molecule has 0 atom stereocenters. The van der Waals surface area contributed by atoms with Crippen LogP contribution >= 0.6 is 12.2 Å². The monoisotopic (exact) mass is 399 g/mol. The Bertz CT molecular complexity index is 758. The second-order valence-corrected chi connectivity index (χ2v) is 6.63. The Labute approximate surface area is 160 Å². The summed E-state index contributed by atoms with van der Waals surface area (Å²) in [5, 5.41) is 5.61. The molecule has 0 aromatic carbocycles. The Kier molecular flexibility index (Phi) is 6.15. The molecule has 0 bridgehead atoms. The molecular formula is C17H20F3N5OS. The number of hydrogen-bond donors (Lipinski definition) is 2. The number of aromatic nitrogens is 2. The van der Waals surface area contributed by atoms with Gasteiger partial charge in [0.1, 0.15) is 11.6 Å². The maximum atomic E-state index is 13.3. The van der Waals surface area contributed by atoms with Crippen LogP contribution in [0.1, 0.15) is 37.1 Å². The highest BCUT2D eigenvalue weighted by Crippen LogP contribution is 2.31. The molecule has 6 nitrogen and oxygen atoms in total. The van der Waals surface area contributed by atoms with Crippen molar-refractivity contribution in [3.05, 3.63) is 35.9 Å². The van der Waals surface area contributed by atoms with Gasteiger partial charge >= 0.3 is 6.18 Å². The van der Waals surface area contributed by atoms with Crippen molar-refractivity contribution in [2.45, 2.75) is 38.4 Å². The molecule has 10 heteroatoms. The van der Waals surface area contributed by atoms with Crippen molar-refractivity contribution >= 4 is 29.1 Å². The van der Waals surface area contributed by atoms with Gasteiger partial charge in [-0.05, 0) is 37.2 Å². The van der Waals surface area contributed by atoms with E-state index in [9.17, 15) is 13.2 Å².